The van der Waals surface area contributed by atoms with Gasteiger partial charge in [0.1, 0.15) is 5.82 Å². The average Bonchev–Trinajstić information content (AvgIpc) is 3.08. The number of halogens is 3. The van der Waals surface area contributed by atoms with E-state index in [0.717, 1.165) is 0 Å². The molecular weight excluding hydrogens is 503 g/mol. The number of fused-ring (bicyclic) bond motifs is 1. The molecule has 10 heteroatoms. The van der Waals surface area contributed by atoms with Crippen LogP contribution in [0, 0.1) is 5.82 Å². The molecule has 0 saturated carbocycles. The third-order valence-corrected chi connectivity index (χ3v) is 8.83. The number of carbonyl (C=O) groups excluding carboxylic acids is 1. The van der Waals surface area contributed by atoms with Crippen molar-refractivity contribution in [3.63, 3.8) is 0 Å². The summed E-state index contributed by atoms with van der Waals surface area (Å²) in [5, 5.41) is 0.488. The van der Waals surface area contributed by atoms with Crippen molar-refractivity contribution in [2.45, 2.75) is 17.7 Å². The maximum absolute atomic E-state index is 14.7. The Labute approximate surface area is 185 Å². The first-order chi connectivity index (χ1) is 13.7. The molecule has 2 fully saturated rings. The highest BCUT2D eigenvalue weighted by Gasteiger charge is 2.50. The summed E-state index contributed by atoms with van der Waals surface area (Å²) in [6.45, 7) is 0. The predicted octanol–water partition coefficient (Wildman–Crippen LogP) is 4.09. The van der Waals surface area contributed by atoms with Crippen LogP contribution in [0.3, 0.4) is 0 Å². The molecule has 0 radical (unpaired) electrons. The highest BCUT2D eigenvalue weighted by Crippen LogP contribution is 2.42. The van der Waals surface area contributed by atoms with Crippen LogP contribution >= 0.6 is 39.3 Å². The van der Waals surface area contributed by atoms with Crippen molar-refractivity contribution >= 4 is 65.9 Å². The number of amides is 1. The number of aliphatic imine (C=N–C) groups is 1. The molecule has 2 saturated heterocycles. The summed E-state index contributed by atoms with van der Waals surface area (Å²) in [7, 11) is -3.23. The van der Waals surface area contributed by atoms with Crippen molar-refractivity contribution in [2.24, 2.45) is 4.99 Å². The summed E-state index contributed by atoms with van der Waals surface area (Å²) in [5.41, 5.74) is 0.852. The lowest BCUT2D eigenvalue weighted by molar-refractivity contribution is -0.117. The van der Waals surface area contributed by atoms with Crippen molar-refractivity contribution < 1.29 is 17.6 Å². The third-order valence-electron chi connectivity index (χ3n) is 4.76. The lowest BCUT2D eigenvalue weighted by Gasteiger charge is -2.25. The van der Waals surface area contributed by atoms with Gasteiger partial charge in [0.05, 0.1) is 29.7 Å². The maximum atomic E-state index is 14.7. The smallest absolute Gasteiger partial charge is 0.252 e. The van der Waals surface area contributed by atoms with Crippen LogP contribution < -0.4 is 4.90 Å². The number of carbonyl (C=O) groups is 1. The van der Waals surface area contributed by atoms with E-state index in [9.17, 15) is 17.6 Å². The van der Waals surface area contributed by atoms with E-state index in [-0.39, 0.29) is 28.9 Å². The Kier molecular flexibility index (Phi) is 5.76. The first-order valence-electron chi connectivity index (χ1n) is 8.70. The molecule has 0 aromatic heterocycles. The van der Waals surface area contributed by atoms with Gasteiger partial charge in [-0.2, -0.15) is 4.99 Å². The zero-order chi connectivity index (χ0) is 20.8. The zero-order valence-corrected chi connectivity index (χ0v) is 18.9. The molecule has 2 aromatic rings. The van der Waals surface area contributed by atoms with Crippen molar-refractivity contribution in [3.05, 3.63) is 63.3 Å². The van der Waals surface area contributed by atoms with Gasteiger partial charge >= 0.3 is 0 Å². The molecule has 2 aromatic carbocycles. The van der Waals surface area contributed by atoms with Gasteiger partial charge < -0.3 is 4.90 Å². The fraction of sp³-hybridized carbons (Fsp3) is 0.263. The number of sulfone groups is 1. The van der Waals surface area contributed by atoms with Crippen molar-refractivity contribution in [2.75, 3.05) is 16.4 Å². The SMILES string of the molecule is O=C(Cc1ccccc1Cl)N=C1S[C@H]2CS(=O)(=O)C[C@H]2N1c1ccc(Br)cc1F. The first kappa shape index (κ1) is 20.8. The first-order valence-corrected chi connectivity index (χ1v) is 12.6. The van der Waals surface area contributed by atoms with Crippen molar-refractivity contribution in [1.29, 1.82) is 0 Å². The second-order valence-electron chi connectivity index (χ2n) is 6.82. The lowest BCUT2D eigenvalue weighted by atomic mass is 10.1. The molecule has 0 unspecified atom stereocenters. The Morgan fingerprint density at radius 3 is 2.76 bits per heavy atom. The normalized spacial score (nSPS) is 24.1. The fourth-order valence-corrected chi connectivity index (χ4v) is 7.93. The van der Waals surface area contributed by atoms with Crippen LogP contribution in [0.2, 0.25) is 5.02 Å². The van der Waals surface area contributed by atoms with E-state index in [1.54, 1.807) is 41.3 Å². The molecule has 0 spiro atoms. The number of hydrogen-bond donors (Lipinski definition) is 0. The van der Waals surface area contributed by atoms with Crippen LogP contribution in [-0.2, 0) is 21.1 Å². The largest absolute Gasteiger partial charge is 0.313 e. The third kappa shape index (κ3) is 4.38. The predicted molar refractivity (Wildman–Crippen MR) is 118 cm³/mol. The number of rotatable bonds is 3. The van der Waals surface area contributed by atoms with E-state index in [4.69, 9.17) is 11.6 Å². The van der Waals surface area contributed by atoms with E-state index in [0.29, 0.717) is 20.2 Å². The Morgan fingerprint density at radius 2 is 2.03 bits per heavy atom. The Morgan fingerprint density at radius 1 is 1.28 bits per heavy atom. The summed E-state index contributed by atoms with van der Waals surface area (Å²) < 4.78 is 39.4. The van der Waals surface area contributed by atoms with E-state index in [2.05, 4.69) is 20.9 Å². The average molecular weight is 518 g/mol. The van der Waals surface area contributed by atoms with Crippen LogP contribution in [-0.4, -0.2) is 42.3 Å². The molecule has 1 amide bonds. The molecule has 2 atom stereocenters. The number of amidine groups is 1. The quantitative estimate of drug-likeness (QED) is 0.614. The van der Waals surface area contributed by atoms with E-state index in [1.807, 2.05) is 0 Å². The minimum Gasteiger partial charge on any atom is -0.313 e. The number of benzene rings is 2. The fourth-order valence-electron chi connectivity index (χ4n) is 3.47. The highest BCUT2D eigenvalue weighted by atomic mass is 79.9. The molecule has 2 aliphatic rings. The summed E-state index contributed by atoms with van der Waals surface area (Å²) in [6, 6.07) is 11.1. The topological polar surface area (TPSA) is 66.8 Å². The van der Waals surface area contributed by atoms with Gasteiger partial charge in [0.25, 0.3) is 5.91 Å². The van der Waals surface area contributed by atoms with Crippen LogP contribution in [0.25, 0.3) is 0 Å². The molecule has 2 heterocycles. The van der Waals surface area contributed by atoms with Crippen LogP contribution in [0.15, 0.2) is 51.9 Å². The summed E-state index contributed by atoms with van der Waals surface area (Å²) in [4.78, 5) is 18.3. The van der Waals surface area contributed by atoms with E-state index < -0.39 is 27.6 Å². The Hall–Kier alpha value is -1.42. The maximum Gasteiger partial charge on any atom is 0.252 e. The summed E-state index contributed by atoms with van der Waals surface area (Å²) in [5.74, 6) is -1.06. The molecule has 0 aliphatic carbocycles. The van der Waals surface area contributed by atoms with E-state index in [1.165, 1.54) is 17.8 Å². The molecule has 0 bridgehead atoms. The molecule has 29 heavy (non-hydrogen) atoms. The van der Waals surface area contributed by atoms with Gasteiger partial charge in [-0.05, 0) is 29.8 Å². The standard InChI is InChI=1S/C19H15BrClFN2O3S2/c20-12-5-6-15(14(22)8-12)24-16-9-29(26,27)10-17(16)28-19(24)23-18(25)7-11-3-1-2-4-13(11)21/h1-6,8,16-17H,7,9-10H2/t16-,17+/m1/s1. The molecular formula is C19H15BrClFN2O3S2. The minimum absolute atomic E-state index is 0.00796. The van der Waals surface area contributed by atoms with Crippen LogP contribution in [0.4, 0.5) is 10.1 Å². The van der Waals surface area contributed by atoms with Crippen LogP contribution in [0.1, 0.15) is 5.56 Å². The van der Waals surface area contributed by atoms with Gasteiger partial charge in [-0.15, -0.1) is 0 Å². The molecule has 0 N–H and O–H groups in total. The second-order valence-corrected chi connectivity index (χ2v) is 11.5. The minimum atomic E-state index is -3.23. The lowest BCUT2D eigenvalue weighted by Crippen LogP contribution is -2.38. The summed E-state index contributed by atoms with van der Waals surface area (Å²) in [6.07, 6.45) is 0.00796. The molecule has 2 aliphatic heterocycles. The second kappa shape index (κ2) is 8.02. The van der Waals surface area contributed by atoms with Crippen molar-refractivity contribution in [1.82, 2.24) is 0 Å². The number of hydrogen-bond acceptors (Lipinski definition) is 4. The monoisotopic (exact) mass is 516 g/mol. The molecule has 152 valence electrons. The molecule has 5 nitrogen and oxygen atoms in total. The zero-order valence-electron chi connectivity index (χ0n) is 14.9. The number of nitrogens with zero attached hydrogens (tertiary/aromatic N) is 2. The summed E-state index contributed by atoms with van der Waals surface area (Å²) >= 11 is 10.5. The Balaban J connectivity index is 1.68. The van der Waals surface area contributed by atoms with Crippen molar-refractivity contribution in [3.8, 4) is 0 Å². The van der Waals surface area contributed by atoms with Gasteiger partial charge in [0, 0.05) is 14.7 Å². The Bertz CT molecular complexity index is 1130. The van der Waals surface area contributed by atoms with Gasteiger partial charge in [0.15, 0.2) is 15.0 Å². The number of anilines is 1. The molecule has 4 rings (SSSR count). The van der Waals surface area contributed by atoms with E-state index >= 15 is 0 Å². The van der Waals surface area contributed by atoms with Crippen LogP contribution in [0.5, 0.6) is 0 Å². The van der Waals surface area contributed by atoms with Gasteiger partial charge in [0.2, 0.25) is 0 Å². The van der Waals surface area contributed by atoms with Gasteiger partial charge in [-0.25, -0.2) is 12.8 Å². The van der Waals surface area contributed by atoms with Gasteiger partial charge in [-0.3, -0.25) is 4.79 Å². The van der Waals surface area contributed by atoms with Gasteiger partial charge in [-0.1, -0.05) is 57.5 Å². The number of thioether (sulfide) groups is 1. The highest BCUT2D eigenvalue weighted by molar-refractivity contribution is 9.10.